The molecule has 0 spiro atoms. The lowest BCUT2D eigenvalue weighted by atomic mass is 10.5. The van der Waals surface area contributed by atoms with Crippen molar-refractivity contribution in [3.63, 3.8) is 0 Å². The standard InChI is InChI=1S/C9H17O6PS/c1-3-14-16(11,15-4-2)6-5-9(10)13-7-12-8-17/h8H,3-7H2,1-2H3. The van der Waals surface area contributed by atoms with E-state index < -0.39 is 13.6 Å². The Morgan fingerprint density at radius 3 is 2.35 bits per heavy atom. The molecule has 0 heterocycles. The second-order valence-electron chi connectivity index (χ2n) is 2.82. The van der Waals surface area contributed by atoms with Crippen LogP contribution in [0.25, 0.3) is 0 Å². The van der Waals surface area contributed by atoms with E-state index in [9.17, 15) is 9.36 Å². The van der Waals surface area contributed by atoms with Gasteiger partial charge in [0.2, 0.25) is 6.79 Å². The van der Waals surface area contributed by atoms with Crippen molar-refractivity contribution in [3.8, 4) is 0 Å². The Morgan fingerprint density at radius 2 is 1.88 bits per heavy atom. The van der Waals surface area contributed by atoms with Gasteiger partial charge in [0.25, 0.3) is 0 Å². The third-order valence-electron chi connectivity index (χ3n) is 1.60. The maximum Gasteiger partial charge on any atom is 0.331 e. The summed E-state index contributed by atoms with van der Waals surface area (Å²) in [4.78, 5) is 11.2. The molecule has 17 heavy (non-hydrogen) atoms. The van der Waals surface area contributed by atoms with Crippen LogP contribution in [0.4, 0.5) is 0 Å². The lowest BCUT2D eigenvalue weighted by Crippen LogP contribution is -2.11. The molecule has 100 valence electrons. The fourth-order valence-electron chi connectivity index (χ4n) is 0.988. The van der Waals surface area contributed by atoms with Crippen molar-refractivity contribution >= 4 is 31.3 Å². The van der Waals surface area contributed by atoms with Crippen molar-refractivity contribution in [1.82, 2.24) is 0 Å². The molecule has 0 atom stereocenters. The first-order valence-corrected chi connectivity index (χ1v) is 7.37. The molecule has 0 amide bonds. The molecule has 0 fully saturated rings. The predicted octanol–water partition coefficient (Wildman–Crippen LogP) is 2.12. The molecule has 0 aliphatic rings. The van der Waals surface area contributed by atoms with Crippen LogP contribution >= 0.6 is 19.8 Å². The van der Waals surface area contributed by atoms with Crippen LogP contribution in [-0.4, -0.2) is 37.7 Å². The molecule has 0 aliphatic carbocycles. The number of carbonyl (C=O) groups excluding carboxylic acids is 1. The quantitative estimate of drug-likeness (QED) is 0.200. The van der Waals surface area contributed by atoms with Crippen molar-refractivity contribution in [2.45, 2.75) is 20.3 Å². The predicted molar refractivity (Wildman–Crippen MR) is 66.0 cm³/mol. The Bertz CT molecular complexity index is 273. The highest BCUT2D eigenvalue weighted by Gasteiger charge is 2.24. The summed E-state index contributed by atoms with van der Waals surface area (Å²) in [6.45, 7) is 3.70. The summed E-state index contributed by atoms with van der Waals surface area (Å²) in [5.41, 5.74) is 0.999. The number of esters is 1. The summed E-state index contributed by atoms with van der Waals surface area (Å²) in [6, 6.07) is 0. The zero-order valence-corrected chi connectivity index (χ0v) is 11.6. The Labute approximate surface area is 106 Å². The van der Waals surface area contributed by atoms with Gasteiger partial charge in [-0.05, 0) is 26.1 Å². The van der Waals surface area contributed by atoms with Crippen molar-refractivity contribution in [1.29, 1.82) is 0 Å². The van der Waals surface area contributed by atoms with Gasteiger partial charge in [0.1, 0.15) is 0 Å². The molecular weight excluding hydrogens is 267 g/mol. The van der Waals surface area contributed by atoms with E-state index >= 15 is 0 Å². The number of thiocarbonyl (C=S) groups is 1. The molecule has 0 unspecified atom stereocenters. The van der Waals surface area contributed by atoms with Gasteiger partial charge in [-0.1, -0.05) is 0 Å². The molecule has 0 aromatic rings. The molecule has 0 N–H and O–H groups in total. The van der Waals surface area contributed by atoms with Crippen molar-refractivity contribution in [3.05, 3.63) is 0 Å². The van der Waals surface area contributed by atoms with Crippen molar-refractivity contribution in [2.24, 2.45) is 0 Å². The van der Waals surface area contributed by atoms with E-state index in [0.29, 0.717) is 0 Å². The maximum atomic E-state index is 11.9. The summed E-state index contributed by atoms with van der Waals surface area (Å²) in [7, 11) is -3.18. The SMILES string of the molecule is CCOP(=O)(CCC(=O)OCOC=S)OCC. The first-order chi connectivity index (χ1) is 8.08. The molecule has 0 aromatic heterocycles. The van der Waals surface area contributed by atoms with Gasteiger partial charge in [-0.15, -0.1) is 0 Å². The molecule has 6 nitrogen and oxygen atoms in total. The molecular formula is C9H17O6PS. The first-order valence-electron chi connectivity index (χ1n) is 5.17. The van der Waals surface area contributed by atoms with Crippen LogP contribution in [0.1, 0.15) is 20.3 Å². The Hall–Kier alpha value is -0.490. The third-order valence-corrected chi connectivity index (χ3v) is 3.81. The molecule has 0 saturated carbocycles. The van der Waals surface area contributed by atoms with Gasteiger partial charge in [0.05, 0.1) is 25.8 Å². The van der Waals surface area contributed by atoms with Gasteiger partial charge >= 0.3 is 13.6 Å². The normalized spacial score (nSPS) is 10.9. The van der Waals surface area contributed by atoms with Crippen LogP contribution in [0, 0.1) is 0 Å². The van der Waals surface area contributed by atoms with Gasteiger partial charge in [-0.25, -0.2) is 0 Å². The molecule has 0 radical (unpaired) electrons. The number of hydrogen-bond donors (Lipinski definition) is 0. The summed E-state index contributed by atoms with van der Waals surface area (Å²) >= 11 is 4.37. The lowest BCUT2D eigenvalue weighted by molar-refractivity contribution is -0.150. The highest BCUT2D eigenvalue weighted by molar-refractivity contribution is 7.78. The van der Waals surface area contributed by atoms with E-state index in [-0.39, 0.29) is 32.6 Å². The Morgan fingerprint density at radius 1 is 1.29 bits per heavy atom. The minimum atomic E-state index is -3.18. The lowest BCUT2D eigenvalue weighted by Gasteiger charge is -2.16. The fourth-order valence-corrected chi connectivity index (χ4v) is 2.62. The smallest absolute Gasteiger partial charge is 0.331 e. The molecule has 0 aromatic carbocycles. The summed E-state index contributed by atoms with van der Waals surface area (Å²) in [5.74, 6) is -0.540. The van der Waals surface area contributed by atoms with E-state index in [4.69, 9.17) is 9.05 Å². The minimum Gasteiger partial charge on any atom is -0.454 e. The zero-order chi connectivity index (χ0) is 13.1. The van der Waals surface area contributed by atoms with E-state index in [0.717, 1.165) is 5.55 Å². The maximum absolute atomic E-state index is 11.9. The summed E-state index contributed by atoms with van der Waals surface area (Å²) < 4.78 is 31.2. The largest absolute Gasteiger partial charge is 0.454 e. The van der Waals surface area contributed by atoms with E-state index in [1.54, 1.807) is 13.8 Å². The third kappa shape index (κ3) is 8.26. The van der Waals surface area contributed by atoms with Crippen LogP contribution in [0.5, 0.6) is 0 Å². The average molecular weight is 284 g/mol. The monoisotopic (exact) mass is 284 g/mol. The van der Waals surface area contributed by atoms with Gasteiger partial charge in [0.15, 0.2) is 5.55 Å². The average Bonchev–Trinajstić information content (AvgIpc) is 2.28. The van der Waals surface area contributed by atoms with Gasteiger partial charge < -0.3 is 18.5 Å². The van der Waals surface area contributed by atoms with E-state index in [2.05, 4.69) is 21.7 Å². The highest BCUT2D eigenvalue weighted by Crippen LogP contribution is 2.48. The van der Waals surface area contributed by atoms with Crippen LogP contribution in [0.2, 0.25) is 0 Å². The first kappa shape index (κ1) is 16.5. The molecule has 8 heteroatoms. The Balaban J connectivity index is 3.99. The fraction of sp³-hybridized carbons (Fsp3) is 0.778. The molecule has 0 saturated heterocycles. The summed E-state index contributed by atoms with van der Waals surface area (Å²) in [6.07, 6.45) is -0.0663. The topological polar surface area (TPSA) is 71.1 Å². The van der Waals surface area contributed by atoms with E-state index in [1.807, 2.05) is 0 Å². The minimum absolute atomic E-state index is 0.00883. The molecule has 0 aliphatic heterocycles. The number of hydrogen-bond acceptors (Lipinski definition) is 7. The second kappa shape index (κ2) is 9.53. The molecule has 0 bridgehead atoms. The molecule has 0 rings (SSSR count). The number of carbonyl (C=O) groups is 1. The Kier molecular flexibility index (Phi) is 9.26. The van der Waals surface area contributed by atoms with Crippen molar-refractivity contribution < 1.29 is 27.9 Å². The van der Waals surface area contributed by atoms with Crippen molar-refractivity contribution in [2.75, 3.05) is 26.2 Å². The van der Waals surface area contributed by atoms with Gasteiger partial charge in [-0.2, -0.15) is 0 Å². The van der Waals surface area contributed by atoms with Gasteiger partial charge in [-0.3, -0.25) is 9.36 Å². The number of ether oxygens (including phenoxy) is 2. The number of rotatable bonds is 10. The van der Waals surface area contributed by atoms with Crippen LogP contribution in [-0.2, 0) is 27.9 Å². The highest BCUT2D eigenvalue weighted by atomic mass is 32.1. The van der Waals surface area contributed by atoms with Crippen LogP contribution < -0.4 is 0 Å². The second-order valence-corrected chi connectivity index (χ2v) is 5.20. The van der Waals surface area contributed by atoms with Gasteiger partial charge in [0, 0.05) is 0 Å². The van der Waals surface area contributed by atoms with E-state index in [1.165, 1.54) is 0 Å². The summed E-state index contributed by atoms with van der Waals surface area (Å²) in [5, 5.41) is 0. The van der Waals surface area contributed by atoms with Crippen LogP contribution in [0.15, 0.2) is 0 Å². The zero-order valence-electron chi connectivity index (χ0n) is 9.92. The van der Waals surface area contributed by atoms with Crippen LogP contribution in [0.3, 0.4) is 0 Å².